The SMILES string of the molecule is C[C@@H](O)[C@@H]1CCCN(S(=O)(=O)Cc2cccc(C#N)c2)C1. The lowest BCUT2D eigenvalue weighted by Gasteiger charge is -2.33. The number of nitrogens with zero attached hydrogens (tertiary/aromatic N) is 2. The summed E-state index contributed by atoms with van der Waals surface area (Å²) in [5.41, 5.74) is 1.08. The first-order chi connectivity index (χ1) is 9.92. The van der Waals surface area contributed by atoms with Gasteiger partial charge in [0.05, 0.1) is 23.5 Å². The van der Waals surface area contributed by atoms with Crippen molar-refractivity contribution in [1.82, 2.24) is 4.31 Å². The minimum atomic E-state index is -3.41. The number of hydrogen-bond donors (Lipinski definition) is 1. The van der Waals surface area contributed by atoms with Crippen LogP contribution in [0.15, 0.2) is 24.3 Å². The first-order valence-corrected chi connectivity index (χ1v) is 8.68. The van der Waals surface area contributed by atoms with E-state index in [9.17, 15) is 13.5 Å². The average Bonchev–Trinajstić information content (AvgIpc) is 2.47. The summed E-state index contributed by atoms with van der Waals surface area (Å²) in [5, 5.41) is 18.5. The lowest BCUT2D eigenvalue weighted by molar-refractivity contribution is 0.0885. The number of benzene rings is 1. The van der Waals surface area contributed by atoms with Crippen LogP contribution in [0.4, 0.5) is 0 Å². The fraction of sp³-hybridized carbons (Fsp3) is 0.533. The molecule has 2 rings (SSSR count). The molecular weight excluding hydrogens is 288 g/mol. The van der Waals surface area contributed by atoms with Crippen molar-refractivity contribution in [3.05, 3.63) is 35.4 Å². The number of aliphatic hydroxyl groups is 1. The highest BCUT2D eigenvalue weighted by Crippen LogP contribution is 2.23. The van der Waals surface area contributed by atoms with Crippen LogP contribution in [-0.4, -0.2) is 37.0 Å². The summed E-state index contributed by atoms with van der Waals surface area (Å²) in [6.07, 6.45) is 1.13. The van der Waals surface area contributed by atoms with Crippen LogP contribution in [0.1, 0.15) is 30.9 Å². The molecule has 2 atom stereocenters. The Morgan fingerprint density at radius 2 is 2.29 bits per heavy atom. The number of aliphatic hydroxyl groups excluding tert-OH is 1. The van der Waals surface area contributed by atoms with Crippen LogP contribution >= 0.6 is 0 Å². The molecule has 1 aromatic carbocycles. The van der Waals surface area contributed by atoms with Crippen LogP contribution in [0, 0.1) is 17.2 Å². The maximum Gasteiger partial charge on any atom is 0.218 e. The van der Waals surface area contributed by atoms with E-state index in [-0.39, 0.29) is 11.7 Å². The summed E-state index contributed by atoms with van der Waals surface area (Å²) in [4.78, 5) is 0. The second kappa shape index (κ2) is 6.56. The zero-order valence-corrected chi connectivity index (χ0v) is 12.9. The number of piperidine rings is 1. The average molecular weight is 308 g/mol. The van der Waals surface area contributed by atoms with Crippen LogP contribution in [0.3, 0.4) is 0 Å². The first kappa shape index (κ1) is 16.0. The summed E-state index contributed by atoms with van der Waals surface area (Å²) in [6.45, 7) is 2.58. The van der Waals surface area contributed by atoms with Gasteiger partial charge < -0.3 is 5.11 Å². The second-order valence-corrected chi connectivity index (χ2v) is 7.54. The van der Waals surface area contributed by atoms with E-state index in [1.54, 1.807) is 31.2 Å². The standard InChI is InChI=1S/C15H20N2O3S/c1-12(18)15-6-3-7-17(10-15)21(19,20)11-14-5-2-4-13(8-14)9-16/h2,4-5,8,12,15,18H,3,6-7,10-11H2,1H3/t12-,15-/m1/s1. The largest absolute Gasteiger partial charge is 0.393 e. The molecule has 0 saturated carbocycles. The number of rotatable bonds is 4. The van der Waals surface area contributed by atoms with Crippen LogP contribution in [-0.2, 0) is 15.8 Å². The van der Waals surface area contributed by atoms with Crippen molar-refractivity contribution >= 4 is 10.0 Å². The summed E-state index contributed by atoms with van der Waals surface area (Å²) in [5.74, 6) is -0.103. The summed E-state index contributed by atoms with van der Waals surface area (Å²) >= 11 is 0. The van der Waals surface area contributed by atoms with E-state index < -0.39 is 16.1 Å². The molecule has 0 aromatic heterocycles. The molecule has 21 heavy (non-hydrogen) atoms. The summed E-state index contributed by atoms with van der Waals surface area (Å²) in [6, 6.07) is 8.68. The van der Waals surface area contributed by atoms with Crippen molar-refractivity contribution in [2.45, 2.75) is 31.6 Å². The molecule has 1 heterocycles. The molecule has 0 aliphatic carbocycles. The van der Waals surface area contributed by atoms with Crippen LogP contribution in [0.2, 0.25) is 0 Å². The Bertz CT molecular complexity index is 635. The Morgan fingerprint density at radius 3 is 2.95 bits per heavy atom. The Labute approximate surface area is 125 Å². The van der Waals surface area contributed by atoms with Gasteiger partial charge in [0.2, 0.25) is 10.0 Å². The Morgan fingerprint density at radius 1 is 1.52 bits per heavy atom. The predicted octanol–water partition coefficient (Wildman–Crippen LogP) is 1.48. The van der Waals surface area contributed by atoms with Crippen molar-refractivity contribution in [1.29, 1.82) is 5.26 Å². The third-order valence-electron chi connectivity index (χ3n) is 3.90. The molecule has 0 unspecified atom stereocenters. The van der Waals surface area contributed by atoms with Crippen molar-refractivity contribution in [2.75, 3.05) is 13.1 Å². The predicted molar refractivity (Wildman–Crippen MR) is 79.8 cm³/mol. The highest BCUT2D eigenvalue weighted by atomic mass is 32.2. The molecule has 1 N–H and O–H groups in total. The van der Waals surface area contributed by atoms with Gasteiger partial charge in [-0.15, -0.1) is 0 Å². The fourth-order valence-electron chi connectivity index (χ4n) is 2.65. The molecule has 1 aliphatic heterocycles. The molecule has 1 fully saturated rings. The molecule has 1 saturated heterocycles. The van der Waals surface area contributed by atoms with Gasteiger partial charge in [-0.3, -0.25) is 0 Å². The van der Waals surface area contributed by atoms with E-state index in [2.05, 4.69) is 0 Å². The molecule has 5 nitrogen and oxygen atoms in total. The van der Waals surface area contributed by atoms with Gasteiger partial charge in [-0.05, 0) is 43.4 Å². The summed E-state index contributed by atoms with van der Waals surface area (Å²) in [7, 11) is -3.41. The second-order valence-electron chi connectivity index (χ2n) is 5.57. The normalized spacial score (nSPS) is 21.7. The third kappa shape index (κ3) is 4.03. The topological polar surface area (TPSA) is 81.4 Å². The van der Waals surface area contributed by atoms with Gasteiger partial charge in [0.15, 0.2) is 0 Å². The number of nitriles is 1. The van der Waals surface area contributed by atoms with Gasteiger partial charge in [-0.2, -0.15) is 5.26 Å². The van der Waals surface area contributed by atoms with E-state index >= 15 is 0 Å². The minimum Gasteiger partial charge on any atom is -0.393 e. The smallest absolute Gasteiger partial charge is 0.218 e. The maximum atomic E-state index is 12.5. The highest BCUT2D eigenvalue weighted by molar-refractivity contribution is 7.88. The van der Waals surface area contributed by atoms with Gasteiger partial charge >= 0.3 is 0 Å². The van der Waals surface area contributed by atoms with Crippen molar-refractivity contribution in [3.63, 3.8) is 0 Å². The van der Waals surface area contributed by atoms with Crippen molar-refractivity contribution in [2.24, 2.45) is 5.92 Å². The molecule has 0 bridgehead atoms. The van der Waals surface area contributed by atoms with Crippen molar-refractivity contribution < 1.29 is 13.5 Å². The summed E-state index contributed by atoms with van der Waals surface area (Å²) < 4.78 is 26.4. The van der Waals surface area contributed by atoms with Gasteiger partial charge in [0.1, 0.15) is 0 Å². The van der Waals surface area contributed by atoms with E-state index in [1.807, 2.05) is 6.07 Å². The quantitative estimate of drug-likeness (QED) is 0.913. The molecule has 1 aliphatic rings. The minimum absolute atomic E-state index is 0.000956. The molecule has 6 heteroatoms. The lowest BCUT2D eigenvalue weighted by atomic mass is 9.95. The van der Waals surface area contributed by atoms with E-state index in [0.717, 1.165) is 12.8 Å². The molecule has 0 radical (unpaired) electrons. The molecular formula is C15H20N2O3S. The molecule has 114 valence electrons. The Kier molecular flexibility index (Phi) is 4.99. The molecule has 0 spiro atoms. The Balaban J connectivity index is 2.12. The maximum absolute atomic E-state index is 12.5. The van der Waals surface area contributed by atoms with E-state index in [1.165, 1.54) is 4.31 Å². The van der Waals surface area contributed by atoms with Crippen LogP contribution < -0.4 is 0 Å². The molecule has 0 amide bonds. The number of hydrogen-bond acceptors (Lipinski definition) is 4. The Hall–Kier alpha value is -1.42. The van der Waals surface area contributed by atoms with Crippen LogP contribution in [0.5, 0.6) is 0 Å². The number of sulfonamides is 1. The monoisotopic (exact) mass is 308 g/mol. The van der Waals surface area contributed by atoms with Crippen molar-refractivity contribution in [3.8, 4) is 6.07 Å². The lowest BCUT2D eigenvalue weighted by Crippen LogP contribution is -2.43. The zero-order chi connectivity index (χ0) is 15.5. The zero-order valence-electron chi connectivity index (χ0n) is 12.1. The first-order valence-electron chi connectivity index (χ1n) is 7.07. The van der Waals surface area contributed by atoms with Gasteiger partial charge in [0, 0.05) is 13.1 Å². The molecule has 1 aromatic rings. The van der Waals surface area contributed by atoms with E-state index in [0.29, 0.717) is 24.2 Å². The highest BCUT2D eigenvalue weighted by Gasteiger charge is 2.30. The van der Waals surface area contributed by atoms with Gasteiger partial charge in [0.25, 0.3) is 0 Å². The van der Waals surface area contributed by atoms with E-state index in [4.69, 9.17) is 5.26 Å². The van der Waals surface area contributed by atoms with Gasteiger partial charge in [-0.25, -0.2) is 12.7 Å². The van der Waals surface area contributed by atoms with Gasteiger partial charge in [-0.1, -0.05) is 12.1 Å². The van der Waals surface area contributed by atoms with Crippen LogP contribution in [0.25, 0.3) is 0 Å². The fourth-order valence-corrected chi connectivity index (χ4v) is 4.26. The third-order valence-corrected chi connectivity index (χ3v) is 5.72.